The lowest BCUT2D eigenvalue weighted by atomic mass is 9.96. The van der Waals surface area contributed by atoms with Gasteiger partial charge in [-0.2, -0.15) is 0 Å². The van der Waals surface area contributed by atoms with E-state index in [0.29, 0.717) is 51.0 Å². The number of benzene rings is 1. The van der Waals surface area contributed by atoms with E-state index in [1.54, 1.807) is 0 Å². The van der Waals surface area contributed by atoms with Crippen molar-refractivity contribution < 1.29 is 14.3 Å². The number of rotatable bonds is 6. The van der Waals surface area contributed by atoms with Gasteiger partial charge in [0.1, 0.15) is 0 Å². The topological polar surface area (TPSA) is 61.9 Å². The van der Waals surface area contributed by atoms with Gasteiger partial charge in [0.2, 0.25) is 11.8 Å². The molecule has 2 amide bonds. The Hall–Kier alpha value is -1.63. The van der Waals surface area contributed by atoms with E-state index in [4.69, 9.17) is 16.3 Å². The van der Waals surface area contributed by atoms with Crippen LogP contribution in [-0.2, 0) is 20.7 Å². The van der Waals surface area contributed by atoms with Gasteiger partial charge in [-0.25, -0.2) is 0 Å². The molecule has 0 radical (unpaired) electrons. The second kappa shape index (κ2) is 10.1. The standard InChI is InChI=1S/C20H28ClN3O3/c21-18-5-3-16(4-6-18)7-8-22-19(25)15-23-9-1-2-17(14-23)20(26)24-10-12-27-13-11-24/h3-6,17H,1-2,7-15H2,(H,22,25). The Morgan fingerprint density at radius 2 is 1.89 bits per heavy atom. The summed E-state index contributed by atoms with van der Waals surface area (Å²) in [5, 5.41) is 3.69. The van der Waals surface area contributed by atoms with Crippen LogP contribution in [0, 0.1) is 5.92 Å². The quantitative estimate of drug-likeness (QED) is 0.797. The average Bonchev–Trinajstić information content (AvgIpc) is 2.70. The summed E-state index contributed by atoms with van der Waals surface area (Å²) in [6.45, 7) is 5.10. The normalized spacial score (nSPS) is 21.1. The molecule has 0 saturated carbocycles. The molecule has 2 heterocycles. The minimum atomic E-state index is -0.00119. The molecule has 7 heteroatoms. The zero-order valence-electron chi connectivity index (χ0n) is 15.7. The highest BCUT2D eigenvalue weighted by Crippen LogP contribution is 2.19. The van der Waals surface area contributed by atoms with E-state index in [9.17, 15) is 9.59 Å². The van der Waals surface area contributed by atoms with Gasteiger partial charge < -0.3 is 15.0 Å². The maximum atomic E-state index is 12.7. The molecule has 2 saturated heterocycles. The minimum Gasteiger partial charge on any atom is -0.378 e. The first-order valence-corrected chi connectivity index (χ1v) is 10.1. The number of nitrogens with zero attached hydrogens (tertiary/aromatic N) is 2. The maximum absolute atomic E-state index is 12.7. The number of amides is 2. The fraction of sp³-hybridized carbons (Fsp3) is 0.600. The fourth-order valence-corrected chi connectivity index (χ4v) is 3.82. The summed E-state index contributed by atoms with van der Waals surface area (Å²) in [7, 11) is 0. The van der Waals surface area contributed by atoms with Gasteiger partial charge in [-0.3, -0.25) is 14.5 Å². The van der Waals surface area contributed by atoms with Crippen LogP contribution in [0.5, 0.6) is 0 Å². The van der Waals surface area contributed by atoms with Crippen LogP contribution in [0.1, 0.15) is 18.4 Å². The molecule has 0 bridgehead atoms. The van der Waals surface area contributed by atoms with Crippen molar-refractivity contribution in [3.8, 4) is 0 Å². The van der Waals surface area contributed by atoms with Crippen LogP contribution < -0.4 is 5.32 Å². The summed E-state index contributed by atoms with van der Waals surface area (Å²) in [5.74, 6) is 0.230. The van der Waals surface area contributed by atoms with Crippen molar-refractivity contribution in [2.24, 2.45) is 5.92 Å². The van der Waals surface area contributed by atoms with Gasteiger partial charge in [0.25, 0.3) is 0 Å². The number of hydrogen-bond donors (Lipinski definition) is 1. The van der Waals surface area contributed by atoms with E-state index < -0.39 is 0 Å². The molecular weight excluding hydrogens is 366 g/mol. The lowest BCUT2D eigenvalue weighted by Crippen LogP contribution is -2.50. The molecule has 1 aromatic rings. The minimum absolute atomic E-state index is 0.00119. The van der Waals surface area contributed by atoms with Crippen molar-refractivity contribution in [1.29, 1.82) is 0 Å². The van der Waals surface area contributed by atoms with Crippen molar-refractivity contribution in [1.82, 2.24) is 15.1 Å². The SMILES string of the molecule is O=C(CN1CCCC(C(=O)N2CCOCC2)C1)NCCc1ccc(Cl)cc1. The van der Waals surface area contributed by atoms with Gasteiger partial charge in [0.15, 0.2) is 0 Å². The molecule has 2 aliphatic heterocycles. The van der Waals surface area contributed by atoms with E-state index in [2.05, 4.69) is 10.2 Å². The Bertz CT molecular complexity index is 632. The van der Waals surface area contributed by atoms with Crippen molar-refractivity contribution in [2.75, 3.05) is 52.5 Å². The van der Waals surface area contributed by atoms with Gasteiger partial charge in [-0.1, -0.05) is 23.7 Å². The molecular formula is C20H28ClN3O3. The molecule has 2 fully saturated rings. The number of morpholine rings is 1. The Morgan fingerprint density at radius 1 is 1.15 bits per heavy atom. The van der Waals surface area contributed by atoms with Crippen LogP contribution in [0.4, 0.5) is 0 Å². The molecule has 1 N–H and O–H groups in total. The molecule has 1 aromatic carbocycles. The fourth-order valence-electron chi connectivity index (χ4n) is 3.70. The van der Waals surface area contributed by atoms with E-state index in [0.717, 1.165) is 31.4 Å². The zero-order valence-corrected chi connectivity index (χ0v) is 16.4. The lowest BCUT2D eigenvalue weighted by Gasteiger charge is -2.35. The maximum Gasteiger partial charge on any atom is 0.234 e. The van der Waals surface area contributed by atoms with Crippen LogP contribution in [0.15, 0.2) is 24.3 Å². The van der Waals surface area contributed by atoms with Crippen LogP contribution in [0.25, 0.3) is 0 Å². The number of carbonyl (C=O) groups excluding carboxylic acids is 2. The van der Waals surface area contributed by atoms with Gasteiger partial charge in [-0.05, 0) is 43.5 Å². The lowest BCUT2D eigenvalue weighted by molar-refractivity contribution is -0.142. The highest BCUT2D eigenvalue weighted by Gasteiger charge is 2.30. The molecule has 6 nitrogen and oxygen atoms in total. The van der Waals surface area contributed by atoms with E-state index >= 15 is 0 Å². The number of carbonyl (C=O) groups is 2. The largest absolute Gasteiger partial charge is 0.378 e. The van der Waals surface area contributed by atoms with Crippen molar-refractivity contribution in [3.05, 3.63) is 34.9 Å². The average molecular weight is 394 g/mol. The summed E-state index contributed by atoms with van der Waals surface area (Å²) in [5.41, 5.74) is 1.15. The summed E-state index contributed by atoms with van der Waals surface area (Å²) in [4.78, 5) is 28.9. The van der Waals surface area contributed by atoms with Crippen LogP contribution in [0.3, 0.4) is 0 Å². The molecule has 0 aromatic heterocycles. The highest BCUT2D eigenvalue weighted by atomic mass is 35.5. The predicted octanol–water partition coefficient (Wildman–Crippen LogP) is 1.57. The number of hydrogen-bond acceptors (Lipinski definition) is 4. The van der Waals surface area contributed by atoms with Crippen molar-refractivity contribution in [3.63, 3.8) is 0 Å². The molecule has 0 spiro atoms. The zero-order chi connectivity index (χ0) is 19.1. The van der Waals surface area contributed by atoms with Crippen molar-refractivity contribution >= 4 is 23.4 Å². The van der Waals surface area contributed by atoms with Crippen LogP contribution in [-0.4, -0.2) is 74.1 Å². The monoisotopic (exact) mass is 393 g/mol. The second-order valence-corrected chi connectivity index (χ2v) is 7.67. The Balaban J connectivity index is 1.39. The first kappa shape index (κ1) is 20.1. The van der Waals surface area contributed by atoms with Gasteiger partial charge in [0, 0.05) is 31.2 Å². The first-order chi connectivity index (χ1) is 13.1. The summed E-state index contributed by atoms with van der Waals surface area (Å²) < 4.78 is 5.32. The highest BCUT2D eigenvalue weighted by molar-refractivity contribution is 6.30. The number of ether oxygens (including phenoxy) is 1. The smallest absolute Gasteiger partial charge is 0.234 e. The van der Waals surface area contributed by atoms with Gasteiger partial charge in [-0.15, -0.1) is 0 Å². The Kier molecular flexibility index (Phi) is 7.50. The van der Waals surface area contributed by atoms with Crippen molar-refractivity contribution in [2.45, 2.75) is 19.3 Å². The van der Waals surface area contributed by atoms with E-state index in [1.807, 2.05) is 29.2 Å². The summed E-state index contributed by atoms with van der Waals surface area (Å²) >= 11 is 5.88. The second-order valence-electron chi connectivity index (χ2n) is 7.24. The number of halogens is 1. The first-order valence-electron chi connectivity index (χ1n) is 9.72. The third-order valence-corrected chi connectivity index (χ3v) is 5.45. The molecule has 27 heavy (non-hydrogen) atoms. The number of likely N-dealkylation sites (tertiary alicyclic amines) is 1. The molecule has 1 unspecified atom stereocenters. The third-order valence-electron chi connectivity index (χ3n) is 5.19. The summed E-state index contributed by atoms with van der Waals surface area (Å²) in [6, 6.07) is 7.66. The molecule has 1 atom stereocenters. The Labute approximate surface area is 165 Å². The van der Waals surface area contributed by atoms with Crippen LogP contribution in [0.2, 0.25) is 5.02 Å². The Morgan fingerprint density at radius 3 is 2.63 bits per heavy atom. The number of piperidine rings is 1. The van der Waals surface area contributed by atoms with E-state index in [1.165, 1.54) is 0 Å². The van der Waals surface area contributed by atoms with Crippen LogP contribution >= 0.6 is 11.6 Å². The summed E-state index contributed by atoms with van der Waals surface area (Å²) in [6.07, 6.45) is 2.64. The van der Waals surface area contributed by atoms with E-state index in [-0.39, 0.29) is 17.7 Å². The molecule has 2 aliphatic rings. The van der Waals surface area contributed by atoms with Gasteiger partial charge >= 0.3 is 0 Å². The molecule has 0 aliphatic carbocycles. The molecule has 148 valence electrons. The van der Waals surface area contributed by atoms with Gasteiger partial charge in [0.05, 0.1) is 25.7 Å². The molecule has 3 rings (SSSR count). The third kappa shape index (κ3) is 6.19. The predicted molar refractivity (Wildman–Crippen MR) is 105 cm³/mol. The number of nitrogens with one attached hydrogen (secondary N) is 1.